The van der Waals surface area contributed by atoms with Crippen LogP contribution < -0.4 is 5.32 Å². The van der Waals surface area contributed by atoms with Crippen molar-refractivity contribution in [2.45, 2.75) is 51.7 Å². The van der Waals surface area contributed by atoms with Crippen molar-refractivity contribution >= 4 is 23.4 Å². The van der Waals surface area contributed by atoms with Crippen molar-refractivity contribution in [3.05, 3.63) is 21.9 Å². The molecule has 21 heavy (non-hydrogen) atoms. The fourth-order valence-corrected chi connectivity index (χ4v) is 3.54. The number of aryl methyl sites for hydroxylation is 1. The first-order chi connectivity index (χ1) is 9.61. The van der Waals surface area contributed by atoms with Gasteiger partial charge in [-0.15, -0.1) is 11.3 Å². The van der Waals surface area contributed by atoms with Crippen LogP contribution in [0.25, 0.3) is 0 Å². The summed E-state index contributed by atoms with van der Waals surface area (Å²) in [5.41, 5.74) is -1.18. The van der Waals surface area contributed by atoms with Crippen molar-refractivity contribution in [2.24, 2.45) is 5.92 Å². The molecule has 0 radical (unpaired) electrons. The van der Waals surface area contributed by atoms with E-state index in [0.29, 0.717) is 12.8 Å². The van der Waals surface area contributed by atoms with Crippen molar-refractivity contribution in [1.29, 1.82) is 0 Å². The number of alkyl carbamates (subject to hydrolysis) is 1. The smallest absolute Gasteiger partial charge is 0.408 e. The SMILES string of the molecule is Cc1ccc(C2(NC(=O)OC(C)(C)C)CC(C(=O)O)C2)s1. The molecule has 2 rings (SSSR count). The molecule has 116 valence electrons. The molecule has 1 aromatic heterocycles. The second kappa shape index (κ2) is 5.33. The monoisotopic (exact) mass is 311 g/mol. The molecule has 1 aromatic rings. The number of rotatable bonds is 3. The minimum absolute atomic E-state index is 0.404. The van der Waals surface area contributed by atoms with Gasteiger partial charge < -0.3 is 15.2 Å². The zero-order valence-corrected chi connectivity index (χ0v) is 13.5. The fourth-order valence-electron chi connectivity index (χ4n) is 2.51. The molecule has 2 N–H and O–H groups in total. The molecular weight excluding hydrogens is 290 g/mol. The van der Waals surface area contributed by atoms with Crippen LogP contribution in [0.3, 0.4) is 0 Å². The molecule has 0 aromatic carbocycles. The number of carboxylic acid groups (broad SMARTS) is 1. The van der Waals surface area contributed by atoms with Gasteiger partial charge in [0.1, 0.15) is 5.60 Å². The fraction of sp³-hybridized carbons (Fsp3) is 0.600. The lowest BCUT2D eigenvalue weighted by Gasteiger charge is -2.45. The Kier molecular flexibility index (Phi) is 4.02. The number of hydrogen-bond acceptors (Lipinski definition) is 4. The highest BCUT2D eigenvalue weighted by atomic mass is 32.1. The summed E-state index contributed by atoms with van der Waals surface area (Å²) in [7, 11) is 0. The summed E-state index contributed by atoms with van der Waals surface area (Å²) in [4.78, 5) is 25.3. The highest BCUT2D eigenvalue weighted by molar-refractivity contribution is 7.12. The van der Waals surface area contributed by atoms with Gasteiger partial charge in [-0.25, -0.2) is 4.79 Å². The predicted octanol–water partition coefficient (Wildman–Crippen LogP) is 3.27. The number of thiophene rings is 1. The first-order valence-corrected chi connectivity index (χ1v) is 7.74. The van der Waals surface area contributed by atoms with Gasteiger partial charge in [-0.05, 0) is 52.7 Å². The normalized spacial score (nSPS) is 25.0. The van der Waals surface area contributed by atoms with Crippen molar-refractivity contribution in [2.75, 3.05) is 0 Å². The zero-order valence-electron chi connectivity index (χ0n) is 12.7. The Morgan fingerprint density at radius 3 is 2.43 bits per heavy atom. The van der Waals surface area contributed by atoms with Crippen LogP contribution in [0.15, 0.2) is 12.1 Å². The lowest BCUT2D eigenvalue weighted by atomic mass is 9.67. The van der Waals surface area contributed by atoms with Crippen LogP contribution in [0.1, 0.15) is 43.4 Å². The quantitative estimate of drug-likeness (QED) is 0.898. The number of ether oxygens (including phenoxy) is 1. The summed E-state index contributed by atoms with van der Waals surface area (Å²) in [6, 6.07) is 3.93. The van der Waals surface area contributed by atoms with E-state index in [-0.39, 0.29) is 0 Å². The Bertz CT molecular complexity index is 552. The van der Waals surface area contributed by atoms with Gasteiger partial charge in [0.15, 0.2) is 0 Å². The highest BCUT2D eigenvalue weighted by Gasteiger charge is 2.51. The molecule has 1 amide bonds. The van der Waals surface area contributed by atoms with Gasteiger partial charge in [-0.2, -0.15) is 0 Å². The molecule has 0 saturated heterocycles. The van der Waals surface area contributed by atoms with E-state index in [1.807, 2.05) is 19.1 Å². The van der Waals surface area contributed by atoms with Crippen LogP contribution in [0.4, 0.5) is 4.79 Å². The average Bonchev–Trinajstić information content (AvgIpc) is 2.66. The van der Waals surface area contributed by atoms with Gasteiger partial charge in [0.2, 0.25) is 0 Å². The molecule has 1 saturated carbocycles. The number of aliphatic carboxylic acids is 1. The van der Waals surface area contributed by atoms with Gasteiger partial charge >= 0.3 is 12.1 Å². The molecule has 0 spiro atoms. The summed E-state index contributed by atoms with van der Waals surface area (Å²) in [5, 5.41) is 12.0. The first kappa shape index (κ1) is 15.8. The third-order valence-corrected chi connectivity index (χ3v) is 4.70. The number of carbonyl (C=O) groups excluding carboxylic acids is 1. The summed E-state index contributed by atoms with van der Waals surface area (Å²) in [5.74, 6) is -1.23. The molecule has 5 nitrogen and oxygen atoms in total. The Hall–Kier alpha value is -1.56. The minimum atomic E-state index is -0.815. The van der Waals surface area contributed by atoms with E-state index >= 15 is 0 Å². The van der Waals surface area contributed by atoms with Gasteiger partial charge in [0.25, 0.3) is 0 Å². The van der Waals surface area contributed by atoms with Gasteiger partial charge in [-0.1, -0.05) is 0 Å². The van der Waals surface area contributed by atoms with Crippen molar-refractivity contribution in [3.8, 4) is 0 Å². The standard InChI is InChI=1S/C15H21NO4S/c1-9-5-6-11(21-9)15(7-10(8-15)12(17)18)16-13(19)20-14(2,3)4/h5-6,10H,7-8H2,1-4H3,(H,16,19)(H,17,18). The number of hydrogen-bond donors (Lipinski definition) is 2. The van der Waals surface area contributed by atoms with Crippen LogP contribution in [-0.2, 0) is 15.1 Å². The van der Waals surface area contributed by atoms with Crippen LogP contribution in [0.2, 0.25) is 0 Å². The molecule has 0 aliphatic heterocycles. The molecule has 0 bridgehead atoms. The highest BCUT2D eigenvalue weighted by Crippen LogP contribution is 2.48. The van der Waals surface area contributed by atoms with Crippen molar-refractivity contribution < 1.29 is 19.4 Å². The van der Waals surface area contributed by atoms with Crippen LogP contribution >= 0.6 is 11.3 Å². The van der Waals surface area contributed by atoms with E-state index in [9.17, 15) is 9.59 Å². The second-order valence-corrected chi connectivity index (χ2v) is 7.85. The van der Waals surface area contributed by atoms with E-state index in [4.69, 9.17) is 9.84 Å². The zero-order chi connectivity index (χ0) is 15.8. The van der Waals surface area contributed by atoms with E-state index < -0.39 is 29.1 Å². The maximum atomic E-state index is 12.0. The van der Waals surface area contributed by atoms with Gasteiger partial charge in [0, 0.05) is 9.75 Å². The van der Waals surface area contributed by atoms with Crippen molar-refractivity contribution in [1.82, 2.24) is 5.32 Å². The topological polar surface area (TPSA) is 75.6 Å². The molecular formula is C15H21NO4S. The molecule has 0 atom stereocenters. The maximum absolute atomic E-state index is 12.0. The Labute approximate surface area is 128 Å². The van der Waals surface area contributed by atoms with Crippen LogP contribution in [-0.4, -0.2) is 22.8 Å². The van der Waals surface area contributed by atoms with E-state index in [1.54, 1.807) is 32.1 Å². The molecule has 1 heterocycles. The largest absolute Gasteiger partial charge is 0.481 e. The van der Waals surface area contributed by atoms with Gasteiger partial charge in [0.05, 0.1) is 11.5 Å². The summed E-state index contributed by atoms with van der Waals surface area (Å²) in [6.07, 6.45) is 0.306. The van der Waals surface area contributed by atoms with E-state index in [2.05, 4.69) is 5.32 Å². The molecule has 1 fully saturated rings. The van der Waals surface area contributed by atoms with Gasteiger partial charge in [-0.3, -0.25) is 4.79 Å². The molecule has 6 heteroatoms. The lowest BCUT2D eigenvalue weighted by Crippen LogP contribution is -2.56. The summed E-state index contributed by atoms with van der Waals surface area (Å²) >= 11 is 1.58. The average molecular weight is 311 g/mol. The third-order valence-electron chi connectivity index (χ3n) is 3.49. The Morgan fingerprint density at radius 1 is 1.38 bits per heavy atom. The number of carboxylic acids is 1. The lowest BCUT2D eigenvalue weighted by molar-refractivity contribution is -0.148. The number of amides is 1. The van der Waals surface area contributed by atoms with Crippen LogP contribution in [0.5, 0.6) is 0 Å². The van der Waals surface area contributed by atoms with E-state index in [0.717, 1.165) is 9.75 Å². The maximum Gasteiger partial charge on any atom is 0.408 e. The van der Waals surface area contributed by atoms with Crippen molar-refractivity contribution in [3.63, 3.8) is 0 Å². The van der Waals surface area contributed by atoms with E-state index in [1.165, 1.54) is 0 Å². The predicted molar refractivity (Wildman–Crippen MR) is 80.5 cm³/mol. The third kappa shape index (κ3) is 3.56. The second-order valence-electron chi connectivity index (χ2n) is 6.56. The number of carbonyl (C=O) groups is 2. The summed E-state index contributed by atoms with van der Waals surface area (Å²) < 4.78 is 5.30. The number of nitrogens with one attached hydrogen (secondary N) is 1. The Morgan fingerprint density at radius 2 is 2.00 bits per heavy atom. The molecule has 1 aliphatic rings. The Balaban J connectivity index is 2.15. The first-order valence-electron chi connectivity index (χ1n) is 6.92. The molecule has 0 unspecified atom stereocenters. The summed E-state index contributed by atoms with van der Waals surface area (Å²) in [6.45, 7) is 7.39. The minimum Gasteiger partial charge on any atom is -0.481 e. The van der Waals surface area contributed by atoms with Crippen LogP contribution in [0, 0.1) is 12.8 Å². The molecule has 1 aliphatic carbocycles.